The summed E-state index contributed by atoms with van der Waals surface area (Å²) in [6, 6.07) is 0. The molecule has 0 amide bonds. The van der Waals surface area contributed by atoms with Gasteiger partial charge < -0.3 is 14.2 Å². The molecule has 0 aromatic rings. The lowest BCUT2D eigenvalue weighted by molar-refractivity contribution is -0.167. The van der Waals surface area contributed by atoms with E-state index in [2.05, 4.69) is 57.2 Å². The molecule has 0 aliphatic carbocycles. The Kier molecular flexibility index (Phi) is 55.2. The summed E-state index contributed by atoms with van der Waals surface area (Å²) in [6.07, 6.45) is 68.5. The maximum Gasteiger partial charge on any atom is 0.306 e. The van der Waals surface area contributed by atoms with Crippen molar-refractivity contribution in [1.82, 2.24) is 0 Å². The third kappa shape index (κ3) is 54.6. The first-order valence-corrected chi connectivity index (χ1v) is 30.0. The van der Waals surface area contributed by atoms with Crippen LogP contribution in [-0.4, -0.2) is 37.2 Å². The maximum absolute atomic E-state index is 12.9. The molecule has 0 saturated carbocycles. The molecule has 0 aromatic carbocycles. The lowest BCUT2D eigenvalue weighted by Gasteiger charge is -2.18. The minimum atomic E-state index is -0.777. The minimum Gasteiger partial charge on any atom is -0.462 e. The van der Waals surface area contributed by atoms with Gasteiger partial charge in [0.25, 0.3) is 0 Å². The summed E-state index contributed by atoms with van der Waals surface area (Å²) in [4.78, 5) is 38.2. The number of unbranched alkanes of at least 4 members (excludes halogenated alkanes) is 38. The van der Waals surface area contributed by atoms with Crippen LogP contribution in [0.2, 0.25) is 0 Å². The molecule has 0 N–H and O–H groups in total. The van der Waals surface area contributed by atoms with E-state index in [1.54, 1.807) is 0 Å². The number of ether oxygens (including phenoxy) is 3. The van der Waals surface area contributed by atoms with Gasteiger partial charge in [-0.25, -0.2) is 0 Å². The fourth-order valence-electron chi connectivity index (χ4n) is 8.82. The second-order valence-corrected chi connectivity index (χ2v) is 20.3. The number of carbonyl (C=O) groups is 3. The molecule has 0 heterocycles. The van der Waals surface area contributed by atoms with E-state index in [-0.39, 0.29) is 31.1 Å². The summed E-state index contributed by atoms with van der Waals surface area (Å²) in [6.45, 7) is 6.64. The average molecular weight is 956 g/mol. The minimum absolute atomic E-state index is 0.0742. The van der Waals surface area contributed by atoms with E-state index >= 15 is 0 Å². The highest BCUT2D eigenvalue weighted by atomic mass is 16.6. The topological polar surface area (TPSA) is 78.9 Å². The van der Waals surface area contributed by atoms with Gasteiger partial charge in [-0.15, -0.1) is 0 Å². The highest BCUT2D eigenvalue weighted by Crippen LogP contribution is 2.17. The Labute approximate surface area is 423 Å². The molecular formula is C62H114O6. The zero-order valence-electron chi connectivity index (χ0n) is 45.6. The van der Waals surface area contributed by atoms with Gasteiger partial charge in [0, 0.05) is 19.3 Å². The molecule has 68 heavy (non-hydrogen) atoms. The predicted octanol–water partition coefficient (Wildman–Crippen LogP) is 20.0. The molecule has 1 atom stereocenters. The van der Waals surface area contributed by atoms with Gasteiger partial charge in [0.15, 0.2) is 6.10 Å². The van der Waals surface area contributed by atoms with Crippen LogP contribution in [0.15, 0.2) is 36.5 Å². The molecule has 6 nitrogen and oxygen atoms in total. The summed E-state index contributed by atoms with van der Waals surface area (Å²) in [5.41, 5.74) is 0. The van der Waals surface area contributed by atoms with Gasteiger partial charge >= 0.3 is 17.9 Å². The van der Waals surface area contributed by atoms with Gasteiger partial charge in [-0.2, -0.15) is 0 Å². The number of allylic oxidation sites excluding steroid dienone is 6. The van der Waals surface area contributed by atoms with Crippen LogP contribution < -0.4 is 0 Å². The van der Waals surface area contributed by atoms with Crippen LogP contribution in [0.1, 0.15) is 323 Å². The van der Waals surface area contributed by atoms with E-state index in [4.69, 9.17) is 14.2 Å². The van der Waals surface area contributed by atoms with E-state index in [1.165, 1.54) is 205 Å². The van der Waals surface area contributed by atoms with Gasteiger partial charge in [-0.3, -0.25) is 14.4 Å². The van der Waals surface area contributed by atoms with E-state index < -0.39 is 6.10 Å². The normalized spacial score (nSPS) is 12.2. The highest BCUT2D eigenvalue weighted by Gasteiger charge is 2.19. The second kappa shape index (κ2) is 57.2. The van der Waals surface area contributed by atoms with Gasteiger partial charge in [-0.1, -0.05) is 263 Å². The predicted molar refractivity (Wildman–Crippen MR) is 293 cm³/mol. The van der Waals surface area contributed by atoms with Crippen LogP contribution >= 0.6 is 0 Å². The monoisotopic (exact) mass is 955 g/mol. The Hall–Kier alpha value is -2.37. The highest BCUT2D eigenvalue weighted by molar-refractivity contribution is 5.71. The van der Waals surface area contributed by atoms with Crippen molar-refractivity contribution in [3.8, 4) is 0 Å². The molecule has 6 heteroatoms. The number of esters is 3. The van der Waals surface area contributed by atoms with Gasteiger partial charge in [-0.05, 0) is 77.0 Å². The van der Waals surface area contributed by atoms with Crippen molar-refractivity contribution in [3.63, 3.8) is 0 Å². The van der Waals surface area contributed by atoms with Crippen molar-refractivity contribution in [1.29, 1.82) is 0 Å². The Morgan fingerprint density at radius 2 is 0.529 bits per heavy atom. The molecule has 0 bridgehead atoms. The maximum atomic E-state index is 12.9. The second-order valence-electron chi connectivity index (χ2n) is 20.3. The Morgan fingerprint density at radius 3 is 0.838 bits per heavy atom. The zero-order valence-corrected chi connectivity index (χ0v) is 45.6. The van der Waals surface area contributed by atoms with Crippen molar-refractivity contribution in [2.75, 3.05) is 13.2 Å². The molecular weight excluding hydrogens is 841 g/mol. The average Bonchev–Trinajstić information content (AvgIpc) is 3.34. The lowest BCUT2D eigenvalue weighted by Crippen LogP contribution is -2.30. The molecule has 398 valence electrons. The molecule has 0 rings (SSSR count). The zero-order chi connectivity index (χ0) is 49.3. The summed E-state index contributed by atoms with van der Waals surface area (Å²) in [7, 11) is 0. The summed E-state index contributed by atoms with van der Waals surface area (Å²) >= 11 is 0. The summed E-state index contributed by atoms with van der Waals surface area (Å²) in [5.74, 6) is -0.872. The van der Waals surface area contributed by atoms with E-state index in [1.807, 2.05) is 0 Å². The van der Waals surface area contributed by atoms with Crippen molar-refractivity contribution in [2.24, 2.45) is 0 Å². The first-order valence-electron chi connectivity index (χ1n) is 30.0. The largest absolute Gasteiger partial charge is 0.462 e. The third-order valence-electron chi connectivity index (χ3n) is 13.4. The van der Waals surface area contributed by atoms with Crippen LogP contribution in [-0.2, 0) is 28.6 Å². The Morgan fingerprint density at radius 1 is 0.294 bits per heavy atom. The number of hydrogen-bond donors (Lipinski definition) is 0. The SMILES string of the molecule is CCCCCC/C=C\C/C=C\CCCCCCCCCC(=O)OC(COC(=O)CCCCCCC/C=C\CCCCCC)COC(=O)CCCCCCCCCCCCCCCCCCCCC. The van der Waals surface area contributed by atoms with E-state index in [0.29, 0.717) is 19.3 Å². The van der Waals surface area contributed by atoms with Crippen molar-refractivity contribution in [3.05, 3.63) is 36.5 Å². The molecule has 0 aromatic heterocycles. The summed E-state index contributed by atoms with van der Waals surface area (Å²) in [5, 5.41) is 0. The smallest absolute Gasteiger partial charge is 0.306 e. The quantitative estimate of drug-likeness (QED) is 0.0262. The molecule has 0 saturated heterocycles. The molecule has 0 aliphatic rings. The number of rotatable bonds is 55. The Balaban J connectivity index is 4.33. The first kappa shape index (κ1) is 65.6. The van der Waals surface area contributed by atoms with Crippen molar-refractivity contribution >= 4 is 17.9 Å². The van der Waals surface area contributed by atoms with Gasteiger partial charge in [0.05, 0.1) is 0 Å². The van der Waals surface area contributed by atoms with Crippen LogP contribution in [0.5, 0.6) is 0 Å². The summed E-state index contributed by atoms with van der Waals surface area (Å²) < 4.78 is 16.9. The molecule has 1 unspecified atom stereocenters. The van der Waals surface area contributed by atoms with Crippen molar-refractivity contribution in [2.45, 2.75) is 329 Å². The van der Waals surface area contributed by atoms with E-state index in [0.717, 1.165) is 77.0 Å². The fourth-order valence-corrected chi connectivity index (χ4v) is 8.82. The van der Waals surface area contributed by atoms with Crippen molar-refractivity contribution < 1.29 is 28.6 Å². The molecule has 0 fully saturated rings. The van der Waals surface area contributed by atoms with Crippen LogP contribution in [0.3, 0.4) is 0 Å². The van der Waals surface area contributed by atoms with Crippen LogP contribution in [0.4, 0.5) is 0 Å². The molecule has 0 aliphatic heterocycles. The van der Waals surface area contributed by atoms with E-state index in [9.17, 15) is 14.4 Å². The fraction of sp³-hybridized carbons (Fsp3) is 0.855. The molecule has 0 radical (unpaired) electrons. The Bertz CT molecular complexity index is 1140. The third-order valence-corrected chi connectivity index (χ3v) is 13.4. The number of carbonyl (C=O) groups excluding carboxylic acids is 3. The van der Waals surface area contributed by atoms with Crippen LogP contribution in [0.25, 0.3) is 0 Å². The lowest BCUT2D eigenvalue weighted by atomic mass is 10.0. The number of hydrogen-bond acceptors (Lipinski definition) is 6. The van der Waals surface area contributed by atoms with Gasteiger partial charge in [0.1, 0.15) is 13.2 Å². The first-order chi connectivity index (χ1) is 33.5. The van der Waals surface area contributed by atoms with Gasteiger partial charge in [0.2, 0.25) is 0 Å². The molecule has 0 spiro atoms. The van der Waals surface area contributed by atoms with Crippen LogP contribution in [0, 0.1) is 0 Å². The standard InChI is InChI=1S/C62H114O6/c1-4-7-10-13-16-19-22-25-27-29-31-33-34-37-40-43-46-49-52-55-61(64)67-58-59(57-66-60(63)54-51-48-45-42-39-36-24-21-18-15-12-9-6-3)68-62(65)56-53-50-47-44-41-38-35-32-30-28-26-23-20-17-14-11-8-5-2/h20-21,23-24,28,30,59H,4-19,22,25-27,29,31-58H2,1-3H3/b23-20-,24-21-,30-28-.